The number of hydrogen-bond donors (Lipinski definition) is 1. The molecule has 1 spiro atoms. The Hall–Kier alpha value is -2.68. The Morgan fingerprint density at radius 3 is 2.71 bits per heavy atom. The van der Waals surface area contributed by atoms with Crippen molar-refractivity contribution >= 4 is 35.1 Å². The minimum Gasteiger partial charge on any atom is -0.465 e. The van der Waals surface area contributed by atoms with Crippen LogP contribution in [0.4, 0.5) is 5.69 Å². The predicted octanol–water partition coefficient (Wildman–Crippen LogP) is 3.91. The largest absolute Gasteiger partial charge is 0.465 e. The molecule has 3 aliphatic heterocycles. The van der Waals surface area contributed by atoms with Crippen LogP contribution in [0.2, 0.25) is 5.02 Å². The molecule has 0 aliphatic carbocycles. The number of amides is 2. The van der Waals surface area contributed by atoms with E-state index in [0.29, 0.717) is 55.8 Å². The van der Waals surface area contributed by atoms with Crippen LogP contribution in [0.3, 0.4) is 0 Å². The highest BCUT2D eigenvalue weighted by Gasteiger charge is 2.75. The summed E-state index contributed by atoms with van der Waals surface area (Å²) >= 11 is 6.48. The lowest BCUT2D eigenvalue weighted by atomic mass is 9.70. The molecular weight excluding hydrogens is 508 g/mol. The zero-order chi connectivity index (χ0) is 27.3. The van der Waals surface area contributed by atoms with E-state index in [0.717, 1.165) is 6.42 Å². The van der Waals surface area contributed by atoms with Crippen LogP contribution in [-0.2, 0) is 23.9 Å². The number of allylic oxidation sites excluding steroid dienone is 1. The number of likely N-dealkylation sites (tertiary alicyclic amines) is 1. The van der Waals surface area contributed by atoms with E-state index in [-0.39, 0.29) is 31.6 Å². The number of anilines is 1. The molecule has 1 aromatic carbocycles. The molecular formula is C29H37ClN2O6. The van der Waals surface area contributed by atoms with Crippen molar-refractivity contribution in [1.82, 2.24) is 4.90 Å². The van der Waals surface area contributed by atoms with E-state index < -0.39 is 35.6 Å². The Kier molecular flexibility index (Phi) is 9.28. The maximum Gasteiger partial charge on any atom is 0.312 e. The van der Waals surface area contributed by atoms with Gasteiger partial charge in [-0.2, -0.15) is 0 Å². The Morgan fingerprint density at radius 1 is 1.21 bits per heavy atom. The van der Waals surface area contributed by atoms with Gasteiger partial charge in [0.2, 0.25) is 5.91 Å². The number of nitrogens with zero attached hydrogens (tertiary/aromatic N) is 2. The van der Waals surface area contributed by atoms with Crippen LogP contribution in [0, 0.1) is 11.8 Å². The van der Waals surface area contributed by atoms with Gasteiger partial charge in [0.25, 0.3) is 5.91 Å². The molecule has 9 heteroatoms. The molecule has 2 amide bonds. The first-order chi connectivity index (χ1) is 18.4. The van der Waals surface area contributed by atoms with Gasteiger partial charge < -0.3 is 24.4 Å². The zero-order valence-electron chi connectivity index (χ0n) is 21.7. The van der Waals surface area contributed by atoms with E-state index in [9.17, 15) is 19.5 Å². The topological polar surface area (TPSA) is 96.4 Å². The third kappa shape index (κ3) is 5.14. The summed E-state index contributed by atoms with van der Waals surface area (Å²) in [5.74, 6) is -2.53. The summed E-state index contributed by atoms with van der Waals surface area (Å²) in [4.78, 5) is 44.7. The monoisotopic (exact) mass is 544 g/mol. The fourth-order valence-electron chi connectivity index (χ4n) is 6.26. The van der Waals surface area contributed by atoms with Crippen LogP contribution >= 0.6 is 11.6 Å². The molecule has 8 nitrogen and oxygen atoms in total. The summed E-state index contributed by atoms with van der Waals surface area (Å²) in [5, 5.41) is 9.62. The summed E-state index contributed by atoms with van der Waals surface area (Å²) in [5.41, 5.74) is -0.585. The molecule has 3 aliphatic rings. The number of aliphatic hydroxyl groups is 1. The third-order valence-corrected chi connectivity index (χ3v) is 8.20. The van der Waals surface area contributed by atoms with Crippen LogP contribution < -0.4 is 4.90 Å². The quantitative estimate of drug-likeness (QED) is 0.217. The summed E-state index contributed by atoms with van der Waals surface area (Å²) < 4.78 is 12.0. The zero-order valence-corrected chi connectivity index (χ0v) is 22.5. The van der Waals surface area contributed by atoms with E-state index in [4.69, 9.17) is 21.1 Å². The van der Waals surface area contributed by atoms with Crippen LogP contribution in [-0.4, -0.2) is 71.8 Å². The van der Waals surface area contributed by atoms with Gasteiger partial charge >= 0.3 is 5.97 Å². The SMILES string of the molecule is C=CCCCOC(=O)[C@@H]1[C@H]2C(=O)N(CCCCCO)C(C(=O)N(CC=C)c3ccccc3Cl)C23CC[C@H]1O3. The maximum atomic E-state index is 14.4. The normalized spacial score (nSPS) is 27.3. The number of esters is 1. The Bertz CT molecular complexity index is 1060. The van der Waals surface area contributed by atoms with Crippen molar-refractivity contribution in [3.05, 3.63) is 54.6 Å². The second-order valence-electron chi connectivity index (χ2n) is 10.2. The van der Waals surface area contributed by atoms with E-state index >= 15 is 0 Å². The van der Waals surface area contributed by atoms with Gasteiger partial charge in [0.05, 0.1) is 35.3 Å². The number of carbonyl (C=O) groups excluding carboxylic acids is 3. The Labute approximate surface area is 229 Å². The van der Waals surface area contributed by atoms with Crippen molar-refractivity contribution in [2.24, 2.45) is 11.8 Å². The number of unbranched alkanes of at least 4 members (excludes halogenated alkanes) is 3. The maximum absolute atomic E-state index is 14.4. The number of fused-ring (bicyclic) bond motifs is 1. The van der Waals surface area contributed by atoms with Crippen LogP contribution in [0.5, 0.6) is 0 Å². The summed E-state index contributed by atoms with van der Waals surface area (Å²) in [7, 11) is 0. The number of hydrogen-bond acceptors (Lipinski definition) is 6. The molecule has 2 unspecified atom stereocenters. The molecule has 3 saturated heterocycles. The third-order valence-electron chi connectivity index (χ3n) is 7.88. The molecule has 38 heavy (non-hydrogen) atoms. The average Bonchev–Trinajstić information content (AvgIpc) is 3.55. The standard InChI is InChI=1S/C29H37ClN2O6/c1-3-5-11-19-37-28(36)23-22-14-15-29(38-22)24(23)26(34)32(17-9-6-10-18-33)25(29)27(35)31(16-4-2)21-13-8-7-12-20(21)30/h3-4,7-8,12-13,22-25,33H,1-2,5-6,9-11,14-19H2/t22-,23+,24+,25?,29?/m1/s1. The molecule has 206 valence electrons. The number of ether oxygens (including phenoxy) is 2. The fraction of sp³-hybridized carbons (Fsp3) is 0.552. The number of rotatable bonds is 14. The molecule has 3 heterocycles. The lowest BCUT2D eigenvalue weighted by molar-refractivity contribution is -0.155. The number of halogens is 1. The first-order valence-electron chi connectivity index (χ1n) is 13.4. The first kappa shape index (κ1) is 28.3. The Morgan fingerprint density at radius 2 is 2.00 bits per heavy atom. The molecule has 0 radical (unpaired) electrons. The van der Waals surface area contributed by atoms with E-state index in [2.05, 4.69) is 13.2 Å². The van der Waals surface area contributed by atoms with Crippen molar-refractivity contribution in [3.63, 3.8) is 0 Å². The van der Waals surface area contributed by atoms with Crippen LogP contribution in [0.15, 0.2) is 49.6 Å². The summed E-state index contributed by atoms with van der Waals surface area (Å²) in [6.45, 7) is 8.34. The van der Waals surface area contributed by atoms with Gasteiger partial charge in [0, 0.05) is 19.7 Å². The number of benzene rings is 1. The number of aliphatic hydroxyl groups excluding tert-OH is 1. The second kappa shape index (κ2) is 12.5. The van der Waals surface area contributed by atoms with Gasteiger partial charge in [-0.25, -0.2) is 0 Å². The lowest BCUT2D eigenvalue weighted by Crippen LogP contribution is -2.56. The van der Waals surface area contributed by atoms with E-state index in [1.807, 2.05) is 0 Å². The molecule has 5 atom stereocenters. The minimum absolute atomic E-state index is 0.0625. The highest BCUT2D eigenvalue weighted by atomic mass is 35.5. The smallest absolute Gasteiger partial charge is 0.312 e. The predicted molar refractivity (Wildman–Crippen MR) is 145 cm³/mol. The van der Waals surface area contributed by atoms with Gasteiger partial charge in [-0.3, -0.25) is 14.4 Å². The molecule has 4 rings (SSSR count). The molecule has 1 N–H and O–H groups in total. The Balaban J connectivity index is 1.67. The highest BCUT2D eigenvalue weighted by molar-refractivity contribution is 6.34. The number of carbonyl (C=O) groups is 3. The molecule has 0 saturated carbocycles. The second-order valence-corrected chi connectivity index (χ2v) is 10.6. The van der Waals surface area contributed by atoms with Crippen molar-refractivity contribution in [2.45, 2.75) is 62.7 Å². The van der Waals surface area contributed by atoms with Gasteiger partial charge in [-0.15, -0.1) is 13.2 Å². The van der Waals surface area contributed by atoms with Crippen molar-refractivity contribution < 1.29 is 29.0 Å². The average molecular weight is 545 g/mol. The van der Waals surface area contributed by atoms with E-state index in [1.54, 1.807) is 46.2 Å². The summed E-state index contributed by atoms with van der Waals surface area (Å²) in [6, 6.07) is 6.15. The van der Waals surface area contributed by atoms with E-state index in [1.165, 1.54) is 0 Å². The summed E-state index contributed by atoms with van der Waals surface area (Å²) in [6.07, 6.45) is 7.32. The molecule has 3 fully saturated rings. The highest BCUT2D eigenvalue weighted by Crippen LogP contribution is 2.59. The molecule has 2 bridgehead atoms. The van der Waals surface area contributed by atoms with Crippen molar-refractivity contribution in [1.29, 1.82) is 0 Å². The van der Waals surface area contributed by atoms with Crippen molar-refractivity contribution in [2.75, 3.05) is 31.2 Å². The van der Waals surface area contributed by atoms with Gasteiger partial charge in [0.1, 0.15) is 11.6 Å². The molecule has 1 aromatic rings. The van der Waals surface area contributed by atoms with Crippen LogP contribution in [0.1, 0.15) is 44.9 Å². The minimum atomic E-state index is -1.11. The van der Waals surface area contributed by atoms with Crippen LogP contribution in [0.25, 0.3) is 0 Å². The fourth-order valence-corrected chi connectivity index (χ4v) is 6.50. The van der Waals surface area contributed by atoms with Gasteiger partial charge in [0.15, 0.2) is 0 Å². The number of para-hydroxylation sites is 1. The van der Waals surface area contributed by atoms with Gasteiger partial charge in [-0.1, -0.05) is 35.9 Å². The van der Waals surface area contributed by atoms with Crippen molar-refractivity contribution in [3.8, 4) is 0 Å². The van der Waals surface area contributed by atoms with Gasteiger partial charge in [-0.05, 0) is 57.1 Å². The lowest BCUT2D eigenvalue weighted by Gasteiger charge is -2.37. The molecule has 0 aromatic heterocycles. The first-order valence-corrected chi connectivity index (χ1v) is 13.8.